The second kappa shape index (κ2) is 8.72. The zero-order chi connectivity index (χ0) is 22.8. The molecule has 2 N–H and O–H groups in total. The van der Waals surface area contributed by atoms with E-state index in [2.05, 4.69) is 15.6 Å². The summed E-state index contributed by atoms with van der Waals surface area (Å²) in [6.07, 6.45) is 1.36. The fourth-order valence-electron chi connectivity index (χ4n) is 3.41. The number of rotatable bonds is 5. The summed E-state index contributed by atoms with van der Waals surface area (Å²) >= 11 is 1.38. The first-order chi connectivity index (χ1) is 15.3. The molecule has 2 heterocycles. The van der Waals surface area contributed by atoms with Crippen molar-refractivity contribution in [2.75, 3.05) is 10.6 Å². The number of hydrogen-bond donors (Lipinski definition) is 2. The van der Waals surface area contributed by atoms with Crippen molar-refractivity contribution < 1.29 is 14.0 Å². The van der Waals surface area contributed by atoms with Crippen LogP contribution in [0.3, 0.4) is 0 Å². The number of nitrogens with zero attached hydrogens (tertiary/aromatic N) is 2. The van der Waals surface area contributed by atoms with E-state index in [4.69, 9.17) is 0 Å². The maximum Gasteiger partial charge on any atom is 0.263 e. The van der Waals surface area contributed by atoms with Crippen molar-refractivity contribution in [2.45, 2.75) is 20.4 Å². The van der Waals surface area contributed by atoms with Gasteiger partial charge < -0.3 is 10.6 Å². The van der Waals surface area contributed by atoms with Gasteiger partial charge in [-0.1, -0.05) is 12.1 Å². The zero-order valence-electron chi connectivity index (χ0n) is 17.3. The van der Waals surface area contributed by atoms with E-state index < -0.39 is 5.91 Å². The van der Waals surface area contributed by atoms with Crippen molar-refractivity contribution in [3.05, 3.63) is 75.9 Å². The van der Waals surface area contributed by atoms with Crippen LogP contribution in [0, 0.1) is 12.7 Å². The van der Waals surface area contributed by atoms with Crippen LogP contribution in [0.4, 0.5) is 15.8 Å². The highest BCUT2D eigenvalue weighted by Gasteiger charge is 2.18. The highest BCUT2D eigenvalue weighted by Crippen LogP contribution is 2.35. The molecule has 0 unspecified atom stereocenters. The quantitative estimate of drug-likeness (QED) is 0.477. The average molecular weight is 450 g/mol. The number of anilines is 2. The molecule has 0 spiro atoms. The third-order valence-corrected chi connectivity index (χ3v) is 5.80. The van der Waals surface area contributed by atoms with Crippen LogP contribution in [0.1, 0.15) is 11.8 Å². The first-order valence-electron chi connectivity index (χ1n) is 9.74. The normalized spacial score (nSPS) is 10.8. The molecule has 0 aliphatic carbocycles. The van der Waals surface area contributed by atoms with Gasteiger partial charge in [0.05, 0.1) is 11.7 Å². The van der Waals surface area contributed by atoms with Gasteiger partial charge >= 0.3 is 0 Å². The Morgan fingerprint density at radius 1 is 1.03 bits per heavy atom. The van der Waals surface area contributed by atoms with E-state index in [9.17, 15) is 18.8 Å². The summed E-state index contributed by atoms with van der Waals surface area (Å²) in [4.78, 5) is 42.6. The van der Waals surface area contributed by atoms with Gasteiger partial charge in [-0.15, -0.1) is 11.3 Å². The topological polar surface area (TPSA) is 93.1 Å². The van der Waals surface area contributed by atoms with E-state index in [-0.39, 0.29) is 23.8 Å². The fourth-order valence-corrected chi connectivity index (χ4v) is 4.41. The summed E-state index contributed by atoms with van der Waals surface area (Å²) in [5.74, 6) is -0.938. The molecule has 0 bridgehead atoms. The van der Waals surface area contributed by atoms with Gasteiger partial charge in [-0.2, -0.15) is 0 Å². The third kappa shape index (κ3) is 4.42. The Labute approximate surface area is 186 Å². The molecule has 9 heteroatoms. The molecule has 2 aromatic heterocycles. The van der Waals surface area contributed by atoms with E-state index in [1.165, 1.54) is 41.3 Å². The number of thiophene rings is 1. The Hall–Kier alpha value is -3.85. The number of nitrogens with one attached hydrogen (secondary N) is 2. The van der Waals surface area contributed by atoms with Crippen LogP contribution in [-0.2, 0) is 16.1 Å². The predicted octanol–water partition coefficient (Wildman–Crippen LogP) is 4.17. The minimum absolute atomic E-state index is 0.187. The lowest BCUT2D eigenvalue weighted by Crippen LogP contribution is -2.27. The maximum absolute atomic E-state index is 13.3. The number of amides is 2. The van der Waals surface area contributed by atoms with Gasteiger partial charge in [0.15, 0.2) is 0 Å². The van der Waals surface area contributed by atoms with Crippen LogP contribution >= 0.6 is 11.3 Å². The molecule has 2 amide bonds. The van der Waals surface area contributed by atoms with Crippen molar-refractivity contribution in [1.82, 2.24) is 9.55 Å². The Balaban J connectivity index is 1.59. The molecule has 0 aliphatic rings. The van der Waals surface area contributed by atoms with E-state index in [0.29, 0.717) is 27.2 Å². The number of aromatic nitrogens is 2. The molecule has 0 atom stereocenters. The van der Waals surface area contributed by atoms with Crippen LogP contribution < -0.4 is 16.2 Å². The van der Waals surface area contributed by atoms with E-state index in [1.807, 2.05) is 6.92 Å². The average Bonchev–Trinajstić information content (AvgIpc) is 3.08. The van der Waals surface area contributed by atoms with E-state index in [1.54, 1.807) is 36.4 Å². The zero-order valence-corrected chi connectivity index (χ0v) is 18.1. The van der Waals surface area contributed by atoms with Crippen LogP contribution in [0.2, 0.25) is 0 Å². The number of carbonyl (C=O) groups excluding carboxylic acids is 2. The molecule has 0 fully saturated rings. The van der Waals surface area contributed by atoms with Crippen molar-refractivity contribution >= 4 is 44.7 Å². The minimum atomic E-state index is -0.393. The van der Waals surface area contributed by atoms with Gasteiger partial charge in [-0.25, -0.2) is 9.37 Å². The van der Waals surface area contributed by atoms with Gasteiger partial charge in [0.25, 0.3) is 5.56 Å². The Morgan fingerprint density at radius 3 is 2.28 bits per heavy atom. The van der Waals surface area contributed by atoms with E-state index in [0.717, 1.165) is 10.4 Å². The number of carbonyl (C=O) groups is 2. The molecule has 32 heavy (non-hydrogen) atoms. The minimum Gasteiger partial charge on any atom is -0.326 e. The first-order valence-corrected chi connectivity index (χ1v) is 10.6. The fraction of sp³-hybridized carbons (Fsp3) is 0.130. The molecule has 0 aliphatic heterocycles. The van der Waals surface area contributed by atoms with Crippen molar-refractivity contribution in [3.63, 3.8) is 0 Å². The van der Waals surface area contributed by atoms with Gasteiger partial charge in [0, 0.05) is 28.7 Å². The standard InChI is InChI=1S/C23H19FN4O3S/c1-13-20(15-3-5-16(24)6-4-15)21-22(32-13)25-12-28(23(21)31)11-19(30)27-18-9-7-17(8-10-18)26-14(2)29/h3-10,12H,11H2,1-2H3,(H,26,29)(H,27,30). The molecule has 4 rings (SSSR count). The third-order valence-electron chi connectivity index (χ3n) is 4.79. The smallest absolute Gasteiger partial charge is 0.263 e. The summed E-state index contributed by atoms with van der Waals surface area (Å²) in [5.41, 5.74) is 2.23. The number of hydrogen-bond acceptors (Lipinski definition) is 5. The Morgan fingerprint density at radius 2 is 1.66 bits per heavy atom. The number of fused-ring (bicyclic) bond motifs is 1. The highest BCUT2D eigenvalue weighted by molar-refractivity contribution is 7.19. The van der Waals surface area contributed by atoms with Crippen molar-refractivity contribution in [1.29, 1.82) is 0 Å². The molecule has 0 saturated heterocycles. The molecule has 0 saturated carbocycles. The lowest BCUT2D eigenvalue weighted by Gasteiger charge is -2.09. The number of benzene rings is 2. The van der Waals surface area contributed by atoms with Crippen molar-refractivity contribution in [2.24, 2.45) is 0 Å². The Bertz CT molecular complexity index is 1380. The van der Waals surface area contributed by atoms with Gasteiger partial charge in [-0.3, -0.25) is 19.0 Å². The van der Waals surface area contributed by atoms with Crippen LogP contribution in [0.5, 0.6) is 0 Å². The summed E-state index contributed by atoms with van der Waals surface area (Å²) < 4.78 is 14.6. The molecule has 7 nitrogen and oxygen atoms in total. The molecule has 4 aromatic rings. The lowest BCUT2D eigenvalue weighted by atomic mass is 10.0. The molecular formula is C23H19FN4O3S. The number of aryl methyl sites for hydroxylation is 1. The first kappa shape index (κ1) is 21.4. The summed E-state index contributed by atoms with van der Waals surface area (Å²) in [7, 11) is 0. The molecule has 0 radical (unpaired) electrons. The monoisotopic (exact) mass is 450 g/mol. The SMILES string of the molecule is CC(=O)Nc1ccc(NC(=O)Cn2cnc3sc(C)c(-c4ccc(F)cc4)c3c2=O)cc1. The molecule has 2 aromatic carbocycles. The van der Waals surface area contributed by atoms with Gasteiger partial charge in [0.2, 0.25) is 11.8 Å². The molecule has 162 valence electrons. The van der Waals surface area contributed by atoms with Crippen LogP contribution in [0.15, 0.2) is 59.7 Å². The largest absolute Gasteiger partial charge is 0.326 e. The predicted molar refractivity (Wildman–Crippen MR) is 123 cm³/mol. The second-order valence-corrected chi connectivity index (χ2v) is 8.41. The highest BCUT2D eigenvalue weighted by atomic mass is 32.1. The lowest BCUT2D eigenvalue weighted by molar-refractivity contribution is -0.117. The second-order valence-electron chi connectivity index (χ2n) is 7.20. The number of halogens is 1. The van der Waals surface area contributed by atoms with Gasteiger partial charge in [-0.05, 0) is 48.9 Å². The summed E-state index contributed by atoms with van der Waals surface area (Å²) in [6.45, 7) is 3.08. The maximum atomic E-state index is 13.3. The van der Waals surface area contributed by atoms with E-state index >= 15 is 0 Å². The Kier molecular flexibility index (Phi) is 5.83. The molecular weight excluding hydrogens is 431 g/mol. The van der Waals surface area contributed by atoms with Gasteiger partial charge in [0.1, 0.15) is 17.2 Å². The van der Waals surface area contributed by atoms with Crippen LogP contribution in [-0.4, -0.2) is 21.4 Å². The van der Waals surface area contributed by atoms with Crippen LogP contribution in [0.25, 0.3) is 21.3 Å². The summed E-state index contributed by atoms with van der Waals surface area (Å²) in [6, 6.07) is 12.6. The van der Waals surface area contributed by atoms with Crippen molar-refractivity contribution in [3.8, 4) is 11.1 Å². The summed E-state index contributed by atoms with van der Waals surface area (Å²) in [5, 5.41) is 5.79.